The van der Waals surface area contributed by atoms with E-state index in [0.29, 0.717) is 25.9 Å². The molecule has 0 bridgehead atoms. The highest BCUT2D eigenvalue weighted by molar-refractivity contribution is 5.94. The number of rotatable bonds is 7. The molecular weight excluding hydrogens is 360 g/mol. The van der Waals surface area contributed by atoms with Crippen LogP contribution in [0.2, 0.25) is 0 Å². The summed E-state index contributed by atoms with van der Waals surface area (Å²) in [6, 6.07) is 2.47. The number of ether oxygens (including phenoxy) is 1. The molecule has 1 N–H and O–H groups in total. The molecule has 1 aliphatic rings. The molecule has 0 aliphatic carbocycles. The van der Waals surface area contributed by atoms with E-state index in [9.17, 15) is 27.2 Å². The molecule has 1 fully saturated rings. The Morgan fingerprint density at radius 3 is 2.46 bits per heavy atom. The van der Waals surface area contributed by atoms with Crippen LogP contribution in [0, 0.1) is 5.92 Å². The van der Waals surface area contributed by atoms with E-state index in [2.05, 4.69) is 9.72 Å². The summed E-state index contributed by atoms with van der Waals surface area (Å²) in [5.74, 6) is -5.73. The molecule has 0 aromatic carbocycles. The van der Waals surface area contributed by atoms with Gasteiger partial charge in [0.25, 0.3) is 5.91 Å². The number of carbonyl (C=O) groups is 2. The number of nitrogens with zero attached hydrogens (tertiary/aromatic N) is 2. The fourth-order valence-corrected chi connectivity index (χ4v) is 2.60. The summed E-state index contributed by atoms with van der Waals surface area (Å²) < 4.78 is 54.2. The molecule has 1 amide bonds. The van der Waals surface area contributed by atoms with Crippen molar-refractivity contribution in [3.8, 4) is 5.88 Å². The van der Waals surface area contributed by atoms with Gasteiger partial charge in [-0.2, -0.15) is 8.78 Å². The standard InChI is InChI=1S/C16H18F4N2O4/c17-15(18)16(19,20)9-26-12-2-1-11(8-21-12)14(25)22-5-3-10(4-6-22)7-13(23)24/h1-2,8,10,15H,3-7,9H2,(H,23,24). The fraction of sp³-hybridized carbons (Fsp3) is 0.562. The maximum absolute atomic E-state index is 12.8. The summed E-state index contributed by atoms with van der Waals surface area (Å²) in [6.45, 7) is -0.687. The summed E-state index contributed by atoms with van der Waals surface area (Å²) in [4.78, 5) is 28.3. The molecule has 0 unspecified atom stereocenters. The van der Waals surface area contributed by atoms with Crippen LogP contribution in [-0.4, -0.2) is 58.9 Å². The summed E-state index contributed by atoms with van der Waals surface area (Å²) >= 11 is 0. The fourth-order valence-electron chi connectivity index (χ4n) is 2.60. The van der Waals surface area contributed by atoms with E-state index in [0.717, 1.165) is 12.3 Å². The van der Waals surface area contributed by atoms with Gasteiger partial charge in [0.1, 0.15) is 0 Å². The molecule has 0 atom stereocenters. The van der Waals surface area contributed by atoms with Gasteiger partial charge in [0.05, 0.1) is 5.56 Å². The zero-order valence-electron chi connectivity index (χ0n) is 13.7. The summed E-state index contributed by atoms with van der Waals surface area (Å²) in [7, 11) is 0. The molecule has 6 nitrogen and oxygen atoms in total. The third kappa shape index (κ3) is 5.30. The van der Waals surface area contributed by atoms with Crippen molar-refractivity contribution in [3.05, 3.63) is 23.9 Å². The molecule has 1 saturated heterocycles. The largest absolute Gasteiger partial charge is 0.481 e. The zero-order chi connectivity index (χ0) is 19.3. The maximum Gasteiger partial charge on any atom is 0.340 e. The molecule has 1 aromatic rings. The smallest absolute Gasteiger partial charge is 0.340 e. The highest BCUT2D eigenvalue weighted by atomic mass is 19.3. The number of likely N-dealkylation sites (tertiary alicyclic amines) is 1. The average molecular weight is 378 g/mol. The van der Waals surface area contributed by atoms with Crippen LogP contribution >= 0.6 is 0 Å². The van der Waals surface area contributed by atoms with Crippen LogP contribution in [0.5, 0.6) is 5.88 Å². The summed E-state index contributed by atoms with van der Waals surface area (Å²) in [5, 5.41) is 8.78. The van der Waals surface area contributed by atoms with E-state index in [4.69, 9.17) is 5.11 Å². The minimum atomic E-state index is -4.28. The first kappa shape index (κ1) is 19.9. The lowest BCUT2D eigenvalue weighted by Crippen LogP contribution is -2.39. The van der Waals surface area contributed by atoms with Crippen LogP contribution in [-0.2, 0) is 4.79 Å². The number of halogens is 4. The number of alkyl halides is 4. The second-order valence-electron chi connectivity index (χ2n) is 6.07. The van der Waals surface area contributed by atoms with Crippen molar-refractivity contribution in [3.63, 3.8) is 0 Å². The van der Waals surface area contributed by atoms with Crippen LogP contribution in [0.3, 0.4) is 0 Å². The van der Waals surface area contributed by atoms with Crippen LogP contribution in [0.4, 0.5) is 17.6 Å². The topological polar surface area (TPSA) is 79.7 Å². The lowest BCUT2D eigenvalue weighted by Gasteiger charge is -2.31. The Morgan fingerprint density at radius 1 is 1.31 bits per heavy atom. The Morgan fingerprint density at radius 2 is 1.96 bits per heavy atom. The molecule has 2 rings (SSSR count). The Kier molecular flexibility index (Phi) is 6.38. The Labute approximate surface area is 146 Å². The van der Waals surface area contributed by atoms with E-state index in [-0.39, 0.29) is 29.7 Å². The second kappa shape index (κ2) is 8.33. The predicted octanol–water partition coefficient (Wildman–Crippen LogP) is 2.69. The number of amides is 1. The predicted molar refractivity (Wildman–Crippen MR) is 81.6 cm³/mol. The van der Waals surface area contributed by atoms with Gasteiger partial charge in [0.2, 0.25) is 5.88 Å². The number of aromatic nitrogens is 1. The van der Waals surface area contributed by atoms with E-state index in [1.807, 2.05) is 0 Å². The summed E-state index contributed by atoms with van der Waals surface area (Å²) in [6.07, 6.45) is -1.49. The zero-order valence-corrected chi connectivity index (χ0v) is 13.7. The van der Waals surface area contributed by atoms with Gasteiger partial charge in [-0.25, -0.2) is 13.8 Å². The second-order valence-corrected chi connectivity index (χ2v) is 6.07. The van der Waals surface area contributed by atoms with Gasteiger partial charge >= 0.3 is 18.3 Å². The number of aliphatic carboxylic acids is 1. The minimum Gasteiger partial charge on any atom is -0.481 e. The highest BCUT2D eigenvalue weighted by Gasteiger charge is 2.41. The molecule has 0 spiro atoms. The van der Waals surface area contributed by atoms with Crippen molar-refractivity contribution >= 4 is 11.9 Å². The quantitative estimate of drug-likeness (QED) is 0.738. The van der Waals surface area contributed by atoms with E-state index in [1.165, 1.54) is 6.07 Å². The van der Waals surface area contributed by atoms with Crippen LogP contribution in [0.1, 0.15) is 29.6 Å². The monoisotopic (exact) mass is 378 g/mol. The molecule has 0 saturated carbocycles. The van der Waals surface area contributed by atoms with Crippen LogP contribution in [0.15, 0.2) is 18.3 Å². The first-order valence-electron chi connectivity index (χ1n) is 7.95. The number of piperidine rings is 1. The lowest BCUT2D eigenvalue weighted by molar-refractivity contribution is -0.148. The number of carboxylic acids is 1. The molecule has 1 aliphatic heterocycles. The van der Waals surface area contributed by atoms with E-state index >= 15 is 0 Å². The van der Waals surface area contributed by atoms with Gasteiger partial charge in [-0.1, -0.05) is 0 Å². The Balaban J connectivity index is 1.88. The molecule has 26 heavy (non-hydrogen) atoms. The highest BCUT2D eigenvalue weighted by Crippen LogP contribution is 2.24. The van der Waals surface area contributed by atoms with Crippen LogP contribution < -0.4 is 4.74 Å². The lowest BCUT2D eigenvalue weighted by atomic mass is 9.93. The van der Waals surface area contributed by atoms with Crippen molar-refractivity contribution < 1.29 is 37.0 Å². The maximum atomic E-state index is 12.8. The summed E-state index contributed by atoms with van der Waals surface area (Å²) in [5.41, 5.74) is 0.203. The molecule has 144 valence electrons. The average Bonchev–Trinajstić information content (AvgIpc) is 2.60. The van der Waals surface area contributed by atoms with Gasteiger partial charge in [-0.05, 0) is 24.8 Å². The molecule has 10 heteroatoms. The van der Waals surface area contributed by atoms with Crippen molar-refractivity contribution in [2.24, 2.45) is 5.92 Å². The Hall–Kier alpha value is -2.39. The molecule has 2 heterocycles. The first-order chi connectivity index (χ1) is 12.2. The van der Waals surface area contributed by atoms with E-state index < -0.39 is 24.9 Å². The third-order valence-electron chi connectivity index (χ3n) is 4.08. The third-order valence-corrected chi connectivity index (χ3v) is 4.08. The van der Waals surface area contributed by atoms with Crippen molar-refractivity contribution in [2.75, 3.05) is 19.7 Å². The number of carboxylic acid groups (broad SMARTS) is 1. The normalized spacial score (nSPS) is 16.0. The molecule has 1 aromatic heterocycles. The SMILES string of the molecule is O=C(O)CC1CCN(C(=O)c2ccc(OCC(F)(F)C(F)F)nc2)CC1. The molecule has 0 radical (unpaired) electrons. The van der Waals surface area contributed by atoms with Crippen molar-refractivity contribution in [1.82, 2.24) is 9.88 Å². The van der Waals surface area contributed by atoms with Gasteiger partial charge < -0.3 is 14.7 Å². The van der Waals surface area contributed by atoms with Gasteiger partial charge in [-0.3, -0.25) is 9.59 Å². The Bertz CT molecular complexity index is 632. The number of pyridine rings is 1. The van der Waals surface area contributed by atoms with Gasteiger partial charge in [0.15, 0.2) is 6.61 Å². The number of carbonyl (C=O) groups excluding carboxylic acids is 1. The van der Waals surface area contributed by atoms with Crippen LogP contribution in [0.25, 0.3) is 0 Å². The van der Waals surface area contributed by atoms with Crippen molar-refractivity contribution in [1.29, 1.82) is 0 Å². The number of hydrogen-bond donors (Lipinski definition) is 1. The van der Waals surface area contributed by atoms with Gasteiger partial charge in [-0.15, -0.1) is 0 Å². The first-order valence-corrected chi connectivity index (χ1v) is 7.95. The van der Waals surface area contributed by atoms with E-state index in [1.54, 1.807) is 4.90 Å². The molecular formula is C16H18F4N2O4. The van der Waals surface area contributed by atoms with Gasteiger partial charge in [0, 0.05) is 31.8 Å². The number of hydrogen-bond acceptors (Lipinski definition) is 4. The van der Waals surface area contributed by atoms with Crippen molar-refractivity contribution in [2.45, 2.75) is 31.6 Å². The minimum absolute atomic E-state index is 0.0296.